The number of benzene rings is 1. The molecule has 0 saturated carbocycles. The molecule has 0 aliphatic carbocycles. The van der Waals surface area contributed by atoms with Crippen LogP contribution in [0.4, 0.5) is 10.1 Å². The van der Waals surface area contributed by atoms with Crippen molar-refractivity contribution in [2.24, 2.45) is 5.92 Å². The molecule has 2 atom stereocenters. The third kappa shape index (κ3) is 2.40. The Bertz CT molecular complexity index is 530. The van der Waals surface area contributed by atoms with Gasteiger partial charge in [-0.3, -0.25) is 14.5 Å². The van der Waals surface area contributed by atoms with Gasteiger partial charge in [-0.2, -0.15) is 0 Å². The number of halogens is 1. The van der Waals surface area contributed by atoms with Gasteiger partial charge in [0.25, 0.3) is 5.91 Å². The van der Waals surface area contributed by atoms with E-state index in [1.165, 1.54) is 17.0 Å². The number of rotatable bonds is 3. The summed E-state index contributed by atoms with van der Waals surface area (Å²) >= 11 is 0. The topological polar surface area (TPSA) is 49.4 Å². The van der Waals surface area contributed by atoms with Crippen LogP contribution in [0.5, 0.6) is 0 Å². The van der Waals surface area contributed by atoms with E-state index >= 15 is 0 Å². The van der Waals surface area contributed by atoms with Crippen LogP contribution in [0.2, 0.25) is 0 Å². The second kappa shape index (κ2) is 5.61. The summed E-state index contributed by atoms with van der Waals surface area (Å²) in [5.74, 6) is -1.01. The van der Waals surface area contributed by atoms with E-state index in [2.05, 4.69) is 5.32 Å². The molecule has 0 aromatic heterocycles. The monoisotopic (exact) mass is 278 g/mol. The summed E-state index contributed by atoms with van der Waals surface area (Å²) in [6.07, 6.45) is 0.441. The number of nitrogens with zero attached hydrogens (tertiary/aromatic N) is 1. The maximum absolute atomic E-state index is 14.0. The minimum Gasteiger partial charge on any atom is -0.342 e. The molecule has 2 amide bonds. The highest BCUT2D eigenvalue weighted by Crippen LogP contribution is 2.27. The maximum Gasteiger partial charge on any atom is 0.250 e. The minimum atomic E-state index is -0.658. The van der Waals surface area contributed by atoms with Crippen LogP contribution in [0.25, 0.3) is 0 Å². The summed E-state index contributed by atoms with van der Waals surface area (Å²) in [6, 6.07) is 4.79. The van der Waals surface area contributed by atoms with Crippen molar-refractivity contribution in [3.05, 3.63) is 30.1 Å². The lowest BCUT2D eigenvalue weighted by Gasteiger charge is -2.40. The number of amides is 2. The van der Waals surface area contributed by atoms with E-state index in [1.807, 2.05) is 13.8 Å². The Labute approximate surface area is 118 Å². The molecule has 0 bridgehead atoms. The van der Waals surface area contributed by atoms with E-state index in [9.17, 15) is 14.0 Å². The van der Waals surface area contributed by atoms with Crippen LogP contribution in [-0.2, 0) is 9.59 Å². The number of para-hydroxylation sites is 1. The molecule has 4 nitrogen and oxygen atoms in total. The lowest BCUT2D eigenvalue weighted by molar-refractivity contribution is -0.135. The molecule has 5 heteroatoms. The second-order valence-electron chi connectivity index (χ2n) is 5.31. The molecule has 1 aliphatic heterocycles. The molecule has 0 spiro atoms. The fourth-order valence-corrected chi connectivity index (χ4v) is 2.49. The first-order valence-electron chi connectivity index (χ1n) is 6.85. The van der Waals surface area contributed by atoms with Crippen LogP contribution < -0.4 is 10.2 Å². The van der Waals surface area contributed by atoms with Crippen LogP contribution in [0, 0.1) is 11.7 Å². The van der Waals surface area contributed by atoms with Crippen LogP contribution in [0.15, 0.2) is 24.3 Å². The number of hydrogen-bond donors (Lipinski definition) is 1. The summed E-state index contributed by atoms with van der Waals surface area (Å²) in [7, 11) is 0. The molecule has 2 rings (SSSR count). The summed E-state index contributed by atoms with van der Waals surface area (Å²) in [4.78, 5) is 26.0. The SMILES string of the molecule is CCC1C(=O)NC(C(C)C)C(=O)N1c1ccccc1F. The predicted octanol–water partition coefficient (Wildman–Crippen LogP) is 2.09. The quantitative estimate of drug-likeness (QED) is 0.920. The third-order valence-corrected chi connectivity index (χ3v) is 3.58. The average Bonchev–Trinajstić information content (AvgIpc) is 2.41. The highest BCUT2D eigenvalue weighted by molar-refractivity contribution is 6.08. The van der Waals surface area contributed by atoms with Gasteiger partial charge in [0.15, 0.2) is 0 Å². The predicted molar refractivity (Wildman–Crippen MR) is 74.7 cm³/mol. The number of hydrogen-bond acceptors (Lipinski definition) is 2. The van der Waals surface area contributed by atoms with Crippen molar-refractivity contribution < 1.29 is 14.0 Å². The lowest BCUT2D eigenvalue weighted by atomic mass is 9.96. The molecular weight excluding hydrogens is 259 g/mol. The summed E-state index contributed by atoms with van der Waals surface area (Å²) in [6.45, 7) is 5.52. The van der Waals surface area contributed by atoms with Crippen molar-refractivity contribution in [2.75, 3.05) is 4.90 Å². The highest BCUT2D eigenvalue weighted by Gasteiger charge is 2.42. The van der Waals surface area contributed by atoms with Gasteiger partial charge in [0, 0.05) is 0 Å². The van der Waals surface area contributed by atoms with Gasteiger partial charge in [-0.05, 0) is 24.5 Å². The Morgan fingerprint density at radius 2 is 1.95 bits per heavy atom. The molecule has 20 heavy (non-hydrogen) atoms. The largest absolute Gasteiger partial charge is 0.342 e. The molecule has 0 radical (unpaired) electrons. The summed E-state index contributed by atoms with van der Waals surface area (Å²) < 4.78 is 14.0. The first kappa shape index (κ1) is 14.5. The second-order valence-corrected chi connectivity index (χ2v) is 5.31. The number of nitrogens with one attached hydrogen (secondary N) is 1. The lowest BCUT2D eigenvalue weighted by Crippen LogP contribution is -2.65. The van der Waals surface area contributed by atoms with Crippen molar-refractivity contribution in [1.29, 1.82) is 0 Å². The normalized spacial score (nSPS) is 23.1. The molecule has 1 aromatic carbocycles. The maximum atomic E-state index is 14.0. The molecule has 1 N–H and O–H groups in total. The average molecular weight is 278 g/mol. The van der Waals surface area contributed by atoms with Crippen LogP contribution >= 0.6 is 0 Å². The summed E-state index contributed by atoms with van der Waals surface area (Å²) in [5, 5.41) is 2.73. The molecular formula is C15H19FN2O2. The van der Waals surface area contributed by atoms with Gasteiger partial charge in [-0.1, -0.05) is 32.9 Å². The molecule has 1 saturated heterocycles. The van der Waals surface area contributed by atoms with Crippen LogP contribution in [0.3, 0.4) is 0 Å². The van der Waals surface area contributed by atoms with Gasteiger partial charge in [-0.15, -0.1) is 0 Å². The Morgan fingerprint density at radius 3 is 2.50 bits per heavy atom. The van der Waals surface area contributed by atoms with E-state index in [4.69, 9.17) is 0 Å². The molecule has 1 aromatic rings. The van der Waals surface area contributed by atoms with Crippen molar-refractivity contribution in [1.82, 2.24) is 5.32 Å². The Kier molecular flexibility index (Phi) is 4.06. The zero-order valence-electron chi connectivity index (χ0n) is 11.9. The third-order valence-electron chi connectivity index (χ3n) is 3.58. The molecule has 108 valence electrons. The molecule has 1 fully saturated rings. The van der Waals surface area contributed by atoms with Gasteiger partial charge in [0.1, 0.15) is 17.9 Å². The van der Waals surface area contributed by atoms with Crippen molar-refractivity contribution in [2.45, 2.75) is 39.3 Å². The Balaban J connectivity index is 2.47. The first-order chi connectivity index (χ1) is 9.47. The van der Waals surface area contributed by atoms with Gasteiger partial charge in [0.05, 0.1) is 5.69 Å². The zero-order chi connectivity index (χ0) is 14.9. The van der Waals surface area contributed by atoms with Gasteiger partial charge in [0.2, 0.25) is 5.91 Å². The number of anilines is 1. The van der Waals surface area contributed by atoms with E-state index < -0.39 is 17.9 Å². The van der Waals surface area contributed by atoms with Crippen LogP contribution in [-0.4, -0.2) is 23.9 Å². The van der Waals surface area contributed by atoms with Crippen molar-refractivity contribution in [3.8, 4) is 0 Å². The Morgan fingerprint density at radius 1 is 1.30 bits per heavy atom. The van der Waals surface area contributed by atoms with Crippen LogP contribution in [0.1, 0.15) is 27.2 Å². The minimum absolute atomic E-state index is 0.0430. The fraction of sp³-hybridized carbons (Fsp3) is 0.467. The smallest absolute Gasteiger partial charge is 0.250 e. The van der Waals surface area contributed by atoms with E-state index in [-0.39, 0.29) is 23.4 Å². The first-order valence-corrected chi connectivity index (χ1v) is 6.85. The number of piperazine rings is 1. The van der Waals surface area contributed by atoms with Crippen molar-refractivity contribution >= 4 is 17.5 Å². The van der Waals surface area contributed by atoms with E-state index in [0.717, 1.165) is 0 Å². The molecule has 1 heterocycles. The van der Waals surface area contributed by atoms with E-state index in [0.29, 0.717) is 6.42 Å². The molecule has 2 unspecified atom stereocenters. The van der Waals surface area contributed by atoms with E-state index in [1.54, 1.807) is 19.1 Å². The van der Waals surface area contributed by atoms with Gasteiger partial charge < -0.3 is 5.32 Å². The van der Waals surface area contributed by atoms with Crippen molar-refractivity contribution in [3.63, 3.8) is 0 Å². The highest BCUT2D eigenvalue weighted by atomic mass is 19.1. The van der Waals surface area contributed by atoms with Gasteiger partial charge in [-0.25, -0.2) is 4.39 Å². The zero-order valence-corrected chi connectivity index (χ0v) is 11.9. The van der Waals surface area contributed by atoms with Gasteiger partial charge >= 0.3 is 0 Å². The standard InChI is InChI=1S/C15H19FN2O2/c1-4-11-14(19)17-13(9(2)3)15(20)18(11)12-8-6-5-7-10(12)16/h5-9,11,13H,4H2,1-3H3,(H,17,19). The number of carbonyl (C=O) groups excluding carboxylic acids is 2. The summed E-state index contributed by atoms with van der Waals surface area (Å²) in [5.41, 5.74) is 0.171. The Hall–Kier alpha value is -1.91. The molecule has 1 aliphatic rings. The number of carbonyl (C=O) groups is 2. The fourth-order valence-electron chi connectivity index (χ4n) is 2.49.